The average molecular weight is 422 g/mol. The third-order valence-electron chi connectivity index (χ3n) is 3.89. The van der Waals surface area contributed by atoms with Crippen molar-refractivity contribution >= 4 is 28.1 Å². The summed E-state index contributed by atoms with van der Waals surface area (Å²) in [6.07, 6.45) is -4.70. The van der Waals surface area contributed by atoms with E-state index in [0.29, 0.717) is 33.6 Å². The molecule has 0 aliphatic rings. The van der Waals surface area contributed by atoms with Crippen LogP contribution in [0.15, 0.2) is 48.5 Å². The van der Waals surface area contributed by atoms with Crippen molar-refractivity contribution in [3.05, 3.63) is 59.0 Å². The Labute approximate surface area is 168 Å². The van der Waals surface area contributed by atoms with Crippen LogP contribution in [0.2, 0.25) is 0 Å². The zero-order valence-electron chi connectivity index (χ0n) is 15.3. The number of thiazole rings is 1. The number of carboxylic acid groups (broad SMARTS) is 1. The van der Waals surface area contributed by atoms with E-state index in [-0.39, 0.29) is 12.1 Å². The minimum Gasteiger partial charge on any atom is -0.494 e. The highest BCUT2D eigenvalue weighted by Crippen LogP contribution is 2.35. The van der Waals surface area contributed by atoms with Gasteiger partial charge in [0.25, 0.3) is 0 Å². The van der Waals surface area contributed by atoms with E-state index in [0.717, 1.165) is 23.5 Å². The fourth-order valence-corrected chi connectivity index (χ4v) is 3.66. The number of carboxylic acids is 1. The Balaban J connectivity index is 1.92. The van der Waals surface area contributed by atoms with Crippen molar-refractivity contribution in [2.45, 2.75) is 19.5 Å². The molecular weight excluding hydrogens is 405 g/mol. The van der Waals surface area contributed by atoms with Gasteiger partial charge < -0.3 is 15.2 Å². The highest BCUT2D eigenvalue weighted by molar-refractivity contribution is 7.16. The summed E-state index contributed by atoms with van der Waals surface area (Å²) in [7, 11) is 0. The molecule has 0 saturated carbocycles. The van der Waals surface area contributed by atoms with Crippen LogP contribution in [0.5, 0.6) is 5.75 Å². The number of hydrogen-bond donors (Lipinski definition) is 2. The lowest BCUT2D eigenvalue weighted by Crippen LogP contribution is -2.05. The van der Waals surface area contributed by atoms with Crippen LogP contribution in [-0.2, 0) is 17.4 Å². The van der Waals surface area contributed by atoms with Crippen molar-refractivity contribution in [2.75, 3.05) is 11.9 Å². The lowest BCUT2D eigenvalue weighted by Gasteiger charge is -2.09. The summed E-state index contributed by atoms with van der Waals surface area (Å²) in [4.78, 5) is 16.1. The third-order valence-corrected chi connectivity index (χ3v) is 4.86. The van der Waals surface area contributed by atoms with Gasteiger partial charge in [0.15, 0.2) is 5.13 Å². The molecule has 0 saturated heterocycles. The number of hydrogen-bond acceptors (Lipinski definition) is 5. The molecule has 152 valence electrons. The van der Waals surface area contributed by atoms with Crippen LogP contribution >= 0.6 is 11.3 Å². The SMILES string of the molecule is CCOc1ccc(-c2nc(Nc3cccc(C(F)(F)F)c3)sc2CC(=O)O)cc1. The summed E-state index contributed by atoms with van der Waals surface area (Å²) in [5.74, 6) is -0.347. The second-order valence-electron chi connectivity index (χ2n) is 6.02. The highest BCUT2D eigenvalue weighted by atomic mass is 32.1. The van der Waals surface area contributed by atoms with Crippen molar-refractivity contribution in [3.63, 3.8) is 0 Å². The van der Waals surface area contributed by atoms with Crippen LogP contribution in [-0.4, -0.2) is 22.7 Å². The van der Waals surface area contributed by atoms with Gasteiger partial charge in [-0.15, -0.1) is 11.3 Å². The molecule has 0 bridgehead atoms. The first-order valence-electron chi connectivity index (χ1n) is 8.65. The Bertz CT molecular complexity index is 1000. The summed E-state index contributed by atoms with van der Waals surface area (Å²) in [6.45, 7) is 2.39. The number of alkyl halides is 3. The maximum atomic E-state index is 12.9. The zero-order valence-corrected chi connectivity index (χ0v) is 16.1. The predicted octanol–water partition coefficient (Wildman–Crippen LogP) is 5.60. The van der Waals surface area contributed by atoms with Gasteiger partial charge >= 0.3 is 12.1 Å². The molecule has 0 aliphatic heterocycles. The van der Waals surface area contributed by atoms with E-state index in [1.54, 1.807) is 24.3 Å². The van der Waals surface area contributed by atoms with Crippen LogP contribution in [0.3, 0.4) is 0 Å². The molecule has 0 radical (unpaired) electrons. The molecule has 0 atom stereocenters. The summed E-state index contributed by atoms with van der Waals surface area (Å²) >= 11 is 1.09. The monoisotopic (exact) mass is 422 g/mol. The van der Waals surface area contributed by atoms with Crippen molar-refractivity contribution < 1.29 is 27.8 Å². The number of aromatic nitrogens is 1. The lowest BCUT2D eigenvalue weighted by atomic mass is 10.1. The first kappa shape index (κ1) is 20.7. The van der Waals surface area contributed by atoms with Gasteiger partial charge in [0.1, 0.15) is 5.75 Å². The number of halogens is 3. The molecule has 5 nitrogen and oxygen atoms in total. The van der Waals surface area contributed by atoms with E-state index < -0.39 is 17.7 Å². The quantitative estimate of drug-likeness (QED) is 0.519. The molecule has 1 aromatic heterocycles. The molecule has 3 rings (SSSR count). The topological polar surface area (TPSA) is 71.5 Å². The van der Waals surface area contributed by atoms with E-state index in [1.807, 2.05) is 6.92 Å². The fourth-order valence-electron chi connectivity index (χ4n) is 2.66. The number of nitrogens with one attached hydrogen (secondary N) is 1. The van der Waals surface area contributed by atoms with Crippen molar-refractivity contribution in [3.8, 4) is 17.0 Å². The van der Waals surface area contributed by atoms with Crippen molar-refractivity contribution in [1.82, 2.24) is 4.98 Å². The van der Waals surface area contributed by atoms with Crippen LogP contribution in [0.25, 0.3) is 11.3 Å². The maximum Gasteiger partial charge on any atom is 0.416 e. The minimum atomic E-state index is -4.46. The Hall–Kier alpha value is -3.07. The predicted molar refractivity (Wildman–Crippen MR) is 105 cm³/mol. The van der Waals surface area contributed by atoms with Crippen LogP contribution in [0.4, 0.5) is 24.0 Å². The van der Waals surface area contributed by atoms with Gasteiger partial charge in [-0.1, -0.05) is 6.07 Å². The normalized spacial score (nSPS) is 11.3. The van der Waals surface area contributed by atoms with Gasteiger partial charge in [0.2, 0.25) is 0 Å². The molecule has 2 N–H and O–H groups in total. The third kappa shape index (κ3) is 5.26. The molecule has 0 fully saturated rings. The lowest BCUT2D eigenvalue weighted by molar-refractivity contribution is -0.138. The Morgan fingerprint density at radius 3 is 2.55 bits per heavy atom. The number of nitrogens with zero attached hydrogens (tertiary/aromatic N) is 1. The smallest absolute Gasteiger partial charge is 0.416 e. The molecule has 2 aromatic carbocycles. The van der Waals surface area contributed by atoms with E-state index >= 15 is 0 Å². The summed E-state index contributed by atoms with van der Waals surface area (Å²) in [5, 5.41) is 12.3. The molecule has 0 unspecified atom stereocenters. The van der Waals surface area contributed by atoms with Crippen LogP contribution in [0.1, 0.15) is 17.4 Å². The second kappa shape index (κ2) is 8.52. The maximum absolute atomic E-state index is 12.9. The molecule has 29 heavy (non-hydrogen) atoms. The first-order chi connectivity index (χ1) is 13.8. The van der Waals surface area contributed by atoms with Gasteiger partial charge in [0.05, 0.1) is 24.3 Å². The number of anilines is 2. The molecule has 1 heterocycles. The Morgan fingerprint density at radius 2 is 1.93 bits per heavy atom. The van der Waals surface area contributed by atoms with E-state index in [1.165, 1.54) is 12.1 Å². The second-order valence-corrected chi connectivity index (χ2v) is 7.11. The zero-order chi connectivity index (χ0) is 21.0. The standard InChI is InChI=1S/C20H17F3N2O3S/c1-2-28-15-8-6-12(7-9-15)18-16(11-17(26)27)29-19(25-18)24-14-5-3-4-13(10-14)20(21,22)23/h3-10H,2,11H2,1H3,(H,24,25)(H,26,27). The molecule has 0 spiro atoms. The molecule has 3 aromatic rings. The summed E-state index contributed by atoms with van der Waals surface area (Å²) in [5.41, 5.74) is 0.596. The molecule has 9 heteroatoms. The van der Waals surface area contributed by atoms with E-state index in [2.05, 4.69) is 10.3 Å². The van der Waals surface area contributed by atoms with Crippen LogP contribution < -0.4 is 10.1 Å². The number of carbonyl (C=O) groups is 1. The molecular formula is C20H17F3N2O3S. The largest absolute Gasteiger partial charge is 0.494 e. The van der Waals surface area contributed by atoms with E-state index in [4.69, 9.17) is 4.74 Å². The molecule has 0 aliphatic carbocycles. The number of benzene rings is 2. The Kier molecular flexibility index (Phi) is 6.07. The van der Waals surface area contributed by atoms with E-state index in [9.17, 15) is 23.1 Å². The van der Waals surface area contributed by atoms with Gasteiger partial charge in [-0.3, -0.25) is 4.79 Å². The average Bonchev–Trinajstić information content (AvgIpc) is 3.03. The molecule has 0 amide bonds. The summed E-state index contributed by atoms with van der Waals surface area (Å²) in [6, 6.07) is 11.8. The van der Waals surface area contributed by atoms with Crippen molar-refractivity contribution in [2.24, 2.45) is 0 Å². The Morgan fingerprint density at radius 1 is 1.21 bits per heavy atom. The number of aliphatic carboxylic acids is 1. The van der Waals surface area contributed by atoms with Crippen LogP contribution in [0, 0.1) is 0 Å². The summed E-state index contributed by atoms with van der Waals surface area (Å²) < 4.78 is 44.1. The van der Waals surface area contributed by atoms with Gasteiger partial charge in [-0.2, -0.15) is 13.2 Å². The highest BCUT2D eigenvalue weighted by Gasteiger charge is 2.30. The number of rotatable bonds is 7. The number of ether oxygens (including phenoxy) is 1. The van der Waals surface area contributed by atoms with Crippen molar-refractivity contribution in [1.29, 1.82) is 0 Å². The first-order valence-corrected chi connectivity index (χ1v) is 9.47. The van der Waals surface area contributed by atoms with Gasteiger partial charge in [-0.25, -0.2) is 4.98 Å². The van der Waals surface area contributed by atoms with Gasteiger partial charge in [-0.05, 0) is 49.4 Å². The van der Waals surface area contributed by atoms with Gasteiger partial charge in [0, 0.05) is 16.1 Å². The minimum absolute atomic E-state index is 0.216. The fraction of sp³-hybridized carbons (Fsp3) is 0.200.